The number of fused-ring (bicyclic) bond motifs is 2. The lowest BCUT2D eigenvalue weighted by Gasteiger charge is -2.26. The number of nitrogen functional groups attached to an aromatic ring is 1. The molecule has 3 N–H and O–H groups in total. The fourth-order valence-electron chi connectivity index (χ4n) is 4.41. The molecule has 0 aliphatic heterocycles. The van der Waals surface area contributed by atoms with Gasteiger partial charge in [-0.25, -0.2) is 4.68 Å². The molecule has 7 heteroatoms. The lowest BCUT2D eigenvalue weighted by Crippen LogP contribution is -2.32. The van der Waals surface area contributed by atoms with Crippen LogP contribution in [-0.2, 0) is 17.6 Å². The lowest BCUT2D eigenvalue weighted by molar-refractivity contribution is -0.119. The Hall–Kier alpha value is -3.32. The second-order valence-electron chi connectivity index (χ2n) is 8.08. The summed E-state index contributed by atoms with van der Waals surface area (Å²) >= 11 is 1.31. The number of nitrogens with one attached hydrogen (secondary N) is 1. The fraction of sp³-hybridized carbons (Fsp3) is 0.240. The van der Waals surface area contributed by atoms with E-state index in [4.69, 9.17) is 5.84 Å². The van der Waals surface area contributed by atoms with Gasteiger partial charge in [0.1, 0.15) is 0 Å². The van der Waals surface area contributed by atoms with Crippen LogP contribution in [0.15, 0.2) is 71.9 Å². The standard InChI is InChI=1S/C25H25N5OS/c26-30-23(15-19-11-5-9-17-7-1-3-12-20(17)19)28-29-25(30)32-16-24(31)27-22-14-6-10-18-8-2-4-13-21(18)22/h1-5,7-9,11-13,22H,6,10,14-16,26H2,(H,27,31)/t22-/m0/s1. The van der Waals surface area contributed by atoms with Gasteiger partial charge in [0, 0.05) is 6.42 Å². The summed E-state index contributed by atoms with van der Waals surface area (Å²) in [6.07, 6.45) is 3.71. The first-order chi connectivity index (χ1) is 15.7. The second-order valence-corrected chi connectivity index (χ2v) is 9.03. The molecule has 3 aromatic carbocycles. The molecule has 6 nitrogen and oxygen atoms in total. The number of nitrogens with two attached hydrogens (primary N) is 1. The van der Waals surface area contributed by atoms with Gasteiger partial charge in [-0.05, 0) is 46.7 Å². The van der Waals surface area contributed by atoms with E-state index in [0.29, 0.717) is 17.4 Å². The molecule has 5 rings (SSSR count). The minimum absolute atomic E-state index is 0.0182. The van der Waals surface area contributed by atoms with Crippen molar-refractivity contribution in [1.29, 1.82) is 0 Å². The monoisotopic (exact) mass is 443 g/mol. The largest absolute Gasteiger partial charge is 0.349 e. The van der Waals surface area contributed by atoms with E-state index < -0.39 is 0 Å². The summed E-state index contributed by atoms with van der Waals surface area (Å²) in [6, 6.07) is 22.9. The Kier molecular flexibility index (Phi) is 5.81. The van der Waals surface area contributed by atoms with Crippen molar-refractivity contribution in [3.05, 3.63) is 89.2 Å². The number of hydrogen-bond donors (Lipinski definition) is 2. The van der Waals surface area contributed by atoms with Crippen LogP contribution in [0.3, 0.4) is 0 Å². The Morgan fingerprint density at radius 1 is 1.06 bits per heavy atom. The van der Waals surface area contributed by atoms with E-state index in [0.717, 1.165) is 24.8 Å². The summed E-state index contributed by atoms with van der Waals surface area (Å²) in [5.74, 6) is 7.17. The van der Waals surface area contributed by atoms with Crippen LogP contribution in [-0.4, -0.2) is 26.5 Å². The van der Waals surface area contributed by atoms with E-state index in [2.05, 4.69) is 58.0 Å². The molecule has 0 saturated heterocycles. The van der Waals surface area contributed by atoms with E-state index in [1.54, 1.807) is 0 Å². The lowest BCUT2D eigenvalue weighted by atomic mass is 9.88. The van der Waals surface area contributed by atoms with Crippen LogP contribution in [0.5, 0.6) is 0 Å². The van der Waals surface area contributed by atoms with Crippen molar-refractivity contribution in [3.63, 3.8) is 0 Å². The Morgan fingerprint density at radius 3 is 2.81 bits per heavy atom. The van der Waals surface area contributed by atoms with Crippen LogP contribution in [0.4, 0.5) is 0 Å². The molecule has 0 radical (unpaired) electrons. The highest BCUT2D eigenvalue weighted by Crippen LogP contribution is 2.29. The molecule has 1 amide bonds. The number of hydrogen-bond acceptors (Lipinski definition) is 5. The van der Waals surface area contributed by atoms with Gasteiger partial charge in [-0.3, -0.25) is 4.79 Å². The average molecular weight is 444 g/mol. The zero-order chi connectivity index (χ0) is 21.9. The third kappa shape index (κ3) is 4.21. The van der Waals surface area contributed by atoms with E-state index in [1.807, 2.05) is 24.3 Å². The number of nitrogens with zero attached hydrogens (tertiary/aromatic N) is 3. The highest BCUT2D eigenvalue weighted by atomic mass is 32.2. The predicted octanol–water partition coefficient (Wildman–Crippen LogP) is 4.02. The molecule has 32 heavy (non-hydrogen) atoms. The molecule has 0 bridgehead atoms. The SMILES string of the molecule is Nn1c(Cc2cccc3ccccc23)nnc1SCC(=O)N[C@H]1CCCc2ccccc21. The third-order valence-electron chi connectivity index (χ3n) is 6.00. The molecule has 1 atom stereocenters. The first-order valence-electron chi connectivity index (χ1n) is 10.8. The van der Waals surface area contributed by atoms with Crippen molar-refractivity contribution in [3.8, 4) is 0 Å². The Morgan fingerprint density at radius 2 is 1.88 bits per heavy atom. The molecular formula is C25H25N5OS. The smallest absolute Gasteiger partial charge is 0.230 e. The molecule has 0 fully saturated rings. The minimum atomic E-state index is -0.0182. The number of aromatic nitrogens is 3. The summed E-state index contributed by atoms with van der Waals surface area (Å²) in [5.41, 5.74) is 3.71. The average Bonchev–Trinajstić information content (AvgIpc) is 3.17. The van der Waals surface area contributed by atoms with Crippen LogP contribution in [0.2, 0.25) is 0 Å². The van der Waals surface area contributed by atoms with E-state index >= 15 is 0 Å². The molecule has 1 aliphatic carbocycles. The number of rotatable bonds is 6. The number of amides is 1. The zero-order valence-corrected chi connectivity index (χ0v) is 18.5. The number of aryl methyl sites for hydroxylation is 1. The predicted molar refractivity (Wildman–Crippen MR) is 128 cm³/mol. The summed E-state index contributed by atoms with van der Waals surface area (Å²) in [5, 5.41) is 14.6. The normalized spacial score (nSPS) is 15.4. The maximum atomic E-state index is 12.6. The van der Waals surface area contributed by atoms with Crippen molar-refractivity contribution in [2.45, 2.75) is 36.9 Å². The Labute approximate surface area is 191 Å². The zero-order valence-electron chi connectivity index (χ0n) is 17.7. The molecule has 1 heterocycles. The number of carbonyl (C=O) groups is 1. The van der Waals surface area contributed by atoms with E-state index in [1.165, 1.54) is 38.3 Å². The maximum Gasteiger partial charge on any atom is 0.230 e. The van der Waals surface area contributed by atoms with Gasteiger partial charge in [0.2, 0.25) is 11.1 Å². The van der Waals surface area contributed by atoms with Gasteiger partial charge >= 0.3 is 0 Å². The van der Waals surface area contributed by atoms with Crippen molar-refractivity contribution in [1.82, 2.24) is 20.2 Å². The molecular weight excluding hydrogens is 418 g/mol. The maximum absolute atomic E-state index is 12.6. The summed E-state index contributed by atoms with van der Waals surface area (Å²) < 4.78 is 1.50. The number of thioether (sulfide) groups is 1. The number of carbonyl (C=O) groups excluding carboxylic acids is 1. The molecule has 0 saturated carbocycles. The minimum Gasteiger partial charge on any atom is -0.349 e. The molecule has 1 aliphatic rings. The molecule has 0 unspecified atom stereocenters. The van der Waals surface area contributed by atoms with Crippen LogP contribution in [0.1, 0.15) is 41.4 Å². The Balaban J connectivity index is 1.23. The van der Waals surface area contributed by atoms with Crippen LogP contribution in [0.25, 0.3) is 10.8 Å². The van der Waals surface area contributed by atoms with Crippen LogP contribution >= 0.6 is 11.8 Å². The van der Waals surface area contributed by atoms with E-state index in [-0.39, 0.29) is 17.7 Å². The van der Waals surface area contributed by atoms with Gasteiger partial charge in [-0.15, -0.1) is 10.2 Å². The third-order valence-corrected chi connectivity index (χ3v) is 6.94. The van der Waals surface area contributed by atoms with Crippen LogP contribution in [0, 0.1) is 0 Å². The fourth-order valence-corrected chi connectivity index (χ4v) is 5.10. The first kappa shape index (κ1) is 20.6. The molecule has 4 aromatic rings. The summed E-state index contributed by atoms with van der Waals surface area (Å²) in [7, 11) is 0. The van der Waals surface area contributed by atoms with Gasteiger partial charge in [0.15, 0.2) is 5.82 Å². The molecule has 1 aromatic heterocycles. The van der Waals surface area contributed by atoms with Gasteiger partial charge in [-0.2, -0.15) is 0 Å². The first-order valence-corrected chi connectivity index (χ1v) is 11.8. The van der Waals surface area contributed by atoms with Crippen LogP contribution < -0.4 is 11.2 Å². The van der Waals surface area contributed by atoms with Gasteiger partial charge in [0.05, 0.1) is 11.8 Å². The highest BCUT2D eigenvalue weighted by molar-refractivity contribution is 7.99. The van der Waals surface area contributed by atoms with Crippen molar-refractivity contribution >= 4 is 28.4 Å². The van der Waals surface area contributed by atoms with Gasteiger partial charge in [0.25, 0.3) is 0 Å². The molecule has 162 valence electrons. The Bertz CT molecular complexity index is 1260. The van der Waals surface area contributed by atoms with Crippen molar-refractivity contribution in [2.75, 3.05) is 11.6 Å². The number of benzene rings is 3. The highest BCUT2D eigenvalue weighted by Gasteiger charge is 2.22. The quantitative estimate of drug-likeness (QED) is 0.347. The van der Waals surface area contributed by atoms with E-state index in [9.17, 15) is 4.79 Å². The molecule has 0 spiro atoms. The van der Waals surface area contributed by atoms with Crippen molar-refractivity contribution < 1.29 is 4.79 Å². The van der Waals surface area contributed by atoms with Gasteiger partial charge in [-0.1, -0.05) is 78.5 Å². The van der Waals surface area contributed by atoms with Crippen molar-refractivity contribution in [2.24, 2.45) is 0 Å². The summed E-state index contributed by atoms with van der Waals surface area (Å²) in [4.78, 5) is 12.6. The second kappa shape index (κ2) is 9.04. The topological polar surface area (TPSA) is 85.8 Å². The van der Waals surface area contributed by atoms with Gasteiger partial charge < -0.3 is 11.2 Å². The summed E-state index contributed by atoms with van der Waals surface area (Å²) in [6.45, 7) is 0.